The van der Waals surface area contributed by atoms with Crippen LogP contribution in [-0.4, -0.2) is 40.4 Å². The van der Waals surface area contributed by atoms with Crippen molar-refractivity contribution >= 4 is 17.5 Å². The molecule has 4 aromatic rings. The molecule has 5 rings (SSSR count). The summed E-state index contributed by atoms with van der Waals surface area (Å²) >= 11 is 0. The van der Waals surface area contributed by atoms with Gasteiger partial charge in [-0.05, 0) is 75.2 Å². The van der Waals surface area contributed by atoms with E-state index in [2.05, 4.69) is 36.2 Å². The van der Waals surface area contributed by atoms with E-state index in [0.29, 0.717) is 47.8 Å². The summed E-state index contributed by atoms with van der Waals surface area (Å²) in [7, 11) is 0. The molecule has 9 heteroatoms. The first-order valence-corrected chi connectivity index (χ1v) is 14.0. The van der Waals surface area contributed by atoms with Crippen LogP contribution >= 0.6 is 0 Å². The quantitative estimate of drug-likeness (QED) is 0.251. The van der Waals surface area contributed by atoms with Gasteiger partial charge in [-0.15, -0.1) is 5.10 Å². The largest absolute Gasteiger partial charge is 0.490 e. The Kier molecular flexibility index (Phi) is 8.24. The number of hydrogen-bond donors (Lipinski definition) is 2. The SMILES string of the molecule is CCOc1cc(C2C(C(N)=O)=C(C)Nc3nc(-c4ccc(N(CC)CC)cc4)nn32)ccc1OCc1ccccc1. The number of ether oxygens (including phenoxy) is 2. The first-order chi connectivity index (χ1) is 19.9. The summed E-state index contributed by atoms with van der Waals surface area (Å²) in [6.45, 7) is 10.7. The van der Waals surface area contributed by atoms with Crippen molar-refractivity contribution in [3.8, 4) is 22.9 Å². The van der Waals surface area contributed by atoms with Crippen LogP contribution in [0.4, 0.5) is 11.6 Å². The molecule has 9 nitrogen and oxygen atoms in total. The minimum atomic E-state index is -0.595. The van der Waals surface area contributed by atoms with Crippen molar-refractivity contribution < 1.29 is 14.3 Å². The smallest absolute Gasteiger partial charge is 0.248 e. The number of nitrogens with two attached hydrogens (primary N) is 1. The molecule has 212 valence electrons. The van der Waals surface area contributed by atoms with E-state index in [0.717, 1.165) is 35.5 Å². The molecule has 1 aromatic heterocycles. The Morgan fingerprint density at radius 1 is 0.976 bits per heavy atom. The number of hydrogen-bond acceptors (Lipinski definition) is 7. The molecule has 1 unspecified atom stereocenters. The number of nitrogens with zero attached hydrogens (tertiary/aromatic N) is 4. The summed E-state index contributed by atoms with van der Waals surface area (Å²) in [6, 6.07) is 23.2. The van der Waals surface area contributed by atoms with E-state index < -0.39 is 11.9 Å². The van der Waals surface area contributed by atoms with Crippen LogP contribution in [0.25, 0.3) is 11.4 Å². The summed E-state index contributed by atoms with van der Waals surface area (Å²) in [5, 5.41) is 8.07. The van der Waals surface area contributed by atoms with Gasteiger partial charge >= 0.3 is 0 Å². The van der Waals surface area contributed by atoms with Crippen LogP contribution < -0.4 is 25.4 Å². The molecule has 2 heterocycles. The third-order valence-electron chi connectivity index (χ3n) is 7.19. The van der Waals surface area contributed by atoms with Crippen molar-refractivity contribution in [2.75, 3.05) is 29.9 Å². The molecule has 1 aliphatic heterocycles. The van der Waals surface area contributed by atoms with Crippen molar-refractivity contribution in [1.29, 1.82) is 0 Å². The fourth-order valence-corrected chi connectivity index (χ4v) is 5.13. The second-order valence-corrected chi connectivity index (χ2v) is 9.77. The predicted molar refractivity (Wildman–Crippen MR) is 161 cm³/mol. The lowest BCUT2D eigenvalue weighted by atomic mass is 9.95. The predicted octanol–water partition coefficient (Wildman–Crippen LogP) is 5.54. The van der Waals surface area contributed by atoms with Crippen LogP contribution in [0.15, 0.2) is 84.1 Å². The van der Waals surface area contributed by atoms with Crippen molar-refractivity contribution in [1.82, 2.24) is 14.8 Å². The maximum absolute atomic E-state index is 12.7. The van der Waals surface area contributed by atoms with Gasteiger partial charge in [-0.25, -0.2) is 4.68 Å². The van der Waals surface area contributed by atoms with Crippen LogP contribution in [0.1, 0.15) is 44.9 Å². The van der Waals surface area contributed by atoms with Gasteiger partial charge in [0.25, 0.3) is 0 Å². The molecule has 0 fully saturated rings. The second-order valence-electron chi connectivity index (χ2n) is 9.77. The van der Waals surface area contributed by atoms with Crippen LogP contribution in [0, 0.1) is 0 Å². The van der Waals surface area contributed by atoms with E-state index in [1.807, 2.05) is 74.5 Å². The zero-order valence-electron chi connectivity index (χ0n) is 23.9. The molecular weight excluding hydrogens is 516 g/mol. The Labute approximate surface area is 240 Å². The van der Waals surface area contributed by atoms with Crippen molar-refractivity contribution in [3.63, 3.8) is 0 Å². The summed E-state index contributed by atoms with van der Waals surface area (Å²) in [4.78, 5) is 19.8. The molecule has 1 amide bonds. The molecule has 0 bridgehead atoms. The van der Waals surface area contributed by atoms with Crippen LogP contribution in [-0.2, 0) is 11.4 Å². The zero-order valence-corrected chi connectivity index (χ0v) is 23.9. The number of amides is 1. The molecule has 1 atom stereocenters. The summed E-state index contributed by atoms with van der Waals surface area (Å²) in [5.41, 5.74) is 10.8. The number of benzene rings is 3. The zero-order chi connectivity index (χ0) is 28.9. The molecule has 0 radical (unpaired) electrons. The topological polar surface area (TPSA) is 108 Å². The van der Waals surface area contributed by atoms with Gasteiger partial charge in [0.2, 0.25) is 11.9 Å². The van der Waals surface area contributed by atoms with Gasteiger partial charge in [0.1, 0.15) is 12.6 Å². The molecule has 3 aromatic carbocycles. The summed E-state index contributed by atoms with van der Waals surface area (Å²) < 4.78 is 13.8. The van der Waals surface area contributed by atoms with Gasteiger partial charge in [0.05, 0.1) is 12.2 Å². The van der Waals surface area contributed by atoms with Gasteiger partial charge in [-0.3, -0.25) is 4.79 Å². The monoisotopic (exact) mass is 552 g/mol. The number of carbonyl (C=O) groups excluding carboxylic acids is 1. The number of anilines is 2. The van der Waals surface area contributed by atoms with Crippen LogP contribution in [0.5, 0.6) is 11.5 Å². The minimum Gasteiger partial charge on any atom is -0.490 e. The Hall–Kier alpha value is -4.79. The average molecular weight is 553 g/mol. The summed E-state index contributed by atoms with van der Waals surface area (Å²) in [6.07, 6.45) is 0. The first-order valence-electron chi connectivity index (χ1n) is 14.0. The Morgan fingerprint density at radius 3 is 2.37 bits per heavy atom. The third-order valence-corrected chi connectivity index (χ3v) is 7.19. The number of fused-ring (bicyclic) bond motifs is 1. The van der Waals surface area contributed by atoms with E-state index in [-0.39, 0.29) is 0 Å². The number of primary amides is 1. The lowest BCUT2D eigenvalue weighted by Crippen LogP contribution is -2.31. The summed E-state index contributed by atoms with van der Waals surface area (Å²) in [5.74, 6) is 1.74. The van der Waals surface area contributed by atoms with Crippen molar-refractivity contribution in [2.45, 2.75) is 40.3 Å². The molecule has 0 saturated heterocycles. The Bertz CT molecular complexity index is 1540. The highest BCUT2D eigenvalue weighted by Crippen LogP contribution is 2.39. The van der Waals surface area contributed by atoms with Crippen LogP contribution in [0.3, 0.4) is 0 Å². The number of aromatic nitrogens is 3. The first kappa shape index (κ1) is 27.8. The minimum absolute atomic E-state index is 0.406. The standard InChI is InChI=1S/C32H36N6O3/c1-5-37(6-2)25-16-13-23(14-17-25)31-35-32-34-21(4)28(30(33)39)29(38(32)36-31)24-15-18-26(27(19-24)40-7-3)41-20-22-11-9-8-10-12-22/h8-19,29H,5-7,20H2,1-4H3,(H2,33,39)(H,34,35,36). The molecule has 0 saturated carbocycles. The fraction of sp³-hybridized carbons (Fsp3) is 0.281. The van der Waals surface area contributed by atoms with E-state index in [4.69, 9.17) is 25.3 Å². The molecule has 41 heavy (non-hydrogen) atoms. The lowest BCUT2D eigenvalue weighted by molar-refractivity contribution is -0.115. The number of allylic oxidation sites excluding steroid dienone is 1. The number of carbonyl (C=O) groups is 1. The maximum Gasteiger partial charge on any atom is 0.248 e. The van der Waals surface area contributed by atoms with Gasteiger partial charge in [0, 0.05) is 30.0 Å². The lowest BCUT2D eigenvalue weighted by Gasteiger charge is -2.28. The van der Waals surface area contributed by atoms with E-state index in [1.165, 1.54) is 0 Å². The van der Waals surface area contributed by atoms with E-state index >= 15 is 0 Å². The highest BCUT2D eigenvalue weighted by Gasteiger charge is 2.34. The second kappa shape index (κ2) is 12.2. The molecule has 1 aliphatic rings. The van der Waals surface area contributed by atoms with E-state index in [9.17, 15) is 4.79 Å². The average Bonchev–Trinajstić information content (AvgIpc) is 3.41. The Balaban J connectivity index is 1.51. The van der Waals surface area contributed by atoms with Gasteiger partial charge in [0.15, 0.2) is 17.3 Å². The van der Waals surface area contributed by atoms with Gasteiger partial charge in [-0.1, -0.05) is 36.4 Å². The van der Waals surface area contributed by atoms with Gasteiger partial charge < -0.3 is 25.4 Å². The number of rotatable bonds is 11. The van der Waals surface area contributed by atoms with E-state index in [1.54, 1.807) is 4.68 Å². The molecule has 0 aliphatic carbocycles. The molecular formula is C32H36N6O3. The third kappa shape index (κ3) is 5.75. The normalized spacial score (nSPS) is 14.3. The maximum atomic E-state index is 12.7. The Morgan fingerprint density at radius 2 is 1.71 bits per heavy atom. The highest BCUT2D eigenvalue weighted by atomic mass is 16.5. The highest BCUT2D eigenvalue weighted by molar-refractivity contribution is 5.95. The molecule has 0 spiro atoms. The van der Waals surface area contributed by atoms with Gasteiger partial charge in [-0.2, -0.15) is 4.98 Å². The van der Waals surface area contributed by atoms with Crippen molar-refractivity contribution in [2.24, 2.45) is 5.73 Å². The molecule has 3 N–H and O–H groups in total. The van der Waals surface area contributed by atoms with Crippen molar-refractivity contribution in [3.05, 3.63) is 95.2 Å². The number of nitrogens with one attached hydrogen (secondary N) is 1. The van der Waals surface area contributed by atoms with Crippen LogP contribution in [0.2, 0.25) is 0 Å². The fourth-order valence-electron chi connectivity index (χ4n) is 5.13.